The smallest absolute Gasteiger partial charge is 0.256 e. The minimum Gasteiger partial charge on any atom is -0.378 e. The maximum atomic E-state index is 12.1. The number of nitrogens with zero attached hydrogens (tertiary/aromatic N) is 1. The standard InChI is InChI=1S/C17H22N2O2/c1-11-8-16(20)19(10-11)7-6-13-9-15-12(2)4-3-5-14(15)17(21)18-13/h3-5,9,11,16,20H,6-8,10H2,1-2H3,(H,18,21)/t11-,16?/m0/s1. The molecule has 1 saturated heterocycles. The summed E-state index contributed by atoms with van der Waals surface area (Å²) in [7, 11) is 0. The third-order valence-electron chi connectivity index (χ3n) is 4.41. The summed E-state index contributed by atoms with van der Waals surface area (Å²) in [5, 5.41) is 11.7. The number of benzene rings is 1. The van der Waals surface area contributed by atoms with Crippen molar-refractivity contribution >= 4 is 10.8 Å². The molecule has 112 valence electrons. The Bertz CT molecular complexity index is 707. The van der Waals surface area contributed by atoms with Gasteiger partial charge in [-0.2, -0.15) is 0 Å². The van der Waals surface area contributed by atoms with Crippen molar-refractivity contribution in [3.8, 4) is 0 Å². The second-order valence-electron chi connectivity index (χ2n) is 6.23. The maximum Gasteiger partial charge on any atom is 0.256 e. The van der Waals surface area contributed by atoms with Gasteiger partial charge in [0.2, 0.25) is 0 Å². The molecule has 0 saturated carbocycles. The first-order valence-electron chi connectivity index (χ1n) is 7.58. The molecular formula is C17H22N2O2. The number of likely N-dealkylation sites (tertiary alicyclic amines) is 1. The molecule has 0 aliphatic carbocycles. The Balaban J connectivity index is 1.82. The average molecular weight is 286 g/mol. The van der Waals surface area contributed by atoms with Crippen molar-refractivity contribution in [2.75, 3.05) is 13.1 Å². The highest BCUT2D eigenvalue weighted by Crippen LogP contribution is 2.21. The Morgan fingerprint density at radius 1 is 1.38 bits per heavy atom. The molecule has 2 atom stereocenters. The Hall–Kier alpha value is -1.65. The molecule has 0 spiro atoms. The summed E-state index contributed by atoms with van der Waals surface area (Å²) in [5.41, 5.74) is 2.03. The number of aliphatic hydroxyl groups is 1. The lowest BCUT2D eigenvalue weighted by molar-refractivity contribution is 0.0390. The molecule has 2 N–H and O–H groups in total. The van der Waals surface area contributed by atoms with Gasteiger partial charge in [-0.05, 0) is 42.3 Å². The summed E-state index contributed by atoms with van der Waals surface area (Å²) in [6, 6.07) is 7.86. The minimum atomic E-state index is -0.339. The van der Waals surface area contributed by atoms with Crippen molar-refractivity contribution in [3.05, 3.63) is 45.9 Å². The number of hydrogen-bond donors (Lipinski definition) is 2. The van der Waals surface area contributed by atoms with Crippen LogP contribution in [0.2, 0.25) is 0 Å². The topological polar surface area (TPSA) is 56.3 Å². The number of fused-ring (bicyclic) bond motifs is 1. The lowest BCUT2D eigenvalue weighted by Gasteiger charge is -2.19. The van der Waals surface area contributed by atoms with Gasteiger partial charge in [-0.25, -0.2) is 0 Å². The largest absolute Gasteiger partial charge is 0.378 e. The SMILES string of the molecule is Cc1cccc2c(=O)[nH]c(CCN3C[C@@H](C)CC3O)cc12. The first kappa shape index (κ1) is 14.3. The molecule has 21 heavy (non-hydrogen) atoms. The van der Waals surface area contributed by atoms with Gasteiger partial charge < -0.3 is 10.1 Å². The van der Waals surface area contributed by atoms with E-state index in [-0.39, 0.29) is 11.8 Å². The molecule has 3 rings (SSSR count). The van der Waals surface area contributed by atoms with E-state index in [1.807, 2.05) is 25.1 Å². The van der Waals surface area contributed by atoms with E-state index in [1.54, 1.807) is 0 Å². The monoisotopic (exact) mass is 286 g/mol. The van der Waals surface area contributed by atoms with Crippen LogP contribution in [0.5, 0.6) is 0 Å². The average Bonchev–Trinajstić information content (AvgIpc) is 2.76. The molecule has 4 nitrogen and oxygen atoms in total. The van der Waals surface area contributed by atoms with Crippen molar-refractivity contribution < 1.29 is 5.11 Å². The molecule has 0 bridgehead atoms. The Morgan fingerprint density at radius 3 is 2.90 bits per heavy atom. The lowest BCUT2D eigenvalue weighted by Crippen LogP contribution is -2.31. The fourth-order valence-corrected chi connectivity index (χ4v) is 3.24. The van der Waals surface area contributed by atoms with E-state index in [0.29, 0.717) is 5.92 Å². The van der Waals surface area contributed by atoms with Gasteiger partial charge in [0.15, 0.2) is 0 Å². The van der Waals surface area contributed by atoms with Gasteiger partial charge in [-0.1, -0.05) is 19.1 Å². The van der Waals surface area contributed by atoms with E-state index in [9.17, 15) is 9.90 Å². The van der Waals surface area contributed by atoms with Crippen LogP contribution in [-0.4, -0.2) is 34.3 Å². The summed E-state index contributed by atoms with van der Waals surface area (Å²) < 4.78 is 0. The van der Waals surface area contributed by atoms with E-state index < -0.39 is 0 Å². The Labute approximate surface area is 124 Å². The normalized spacial score (nSPS) is 23.0. The zero-order chi connectivity index (χ0) is 15.0. The first-order valence-corrected chi connectivity index (χ1v) is 7.58. The molecular weight excluding hydrogens is 264 g/mol. The van der Waals surface area contributed by atoms with Crippen LogP contribution in [-0.2, 0) is 6.42 Å². The number of hydrogen-bond acceptors (Lipinski definition) is 3. The number of nitrogens with one attached hydrogen (secondary N) is 1. The molecule has 4 heteroatoms. The number of aliphatic hydroxyl groups excluding tert-OH is 1. The van der Waals surface area contributed by atoms with Gasteiger partial charge in [-0.15, -0.1) is 0 Å². The van der Waals surface area contributed by atoms with Crippen molar-refractivity contribution in [2.24, 2.45) is 5.92 Å². The molecule has 1 aliphatic rings. The molecule has 1 aromatic heterocycles. The van der Waals surface area contributed by atoms with E-state index >= 15 is 0 Å². The first-order chi connectivity index (χ1) is 10.0. The molecule has 1 aromatic carbocycles. The van der Waals surface area contributed by atoms with Crippen LogP contribution in [0.1, 0.15) is 24.6 Å². The van der Waals surface area contributed by atoms with Crippen molar-refractivity contribution in [3.63, 3.8) is 0 Å². The second kappa shape index (κ2) is 5.62. The fraction of sp³-hybridized carbons (Fsp3) is 0.471. The summed E-state index contributed by atoms with van der Waals surface area (Å²) in [6.07, 6.45) is 1.25. The predicted molar refractivity (Wildman–Crippen MR) is 84.4 cm³/mol. The summed E-state index contributed by atoms with van der Waals surface area (Å²) >= 11 is 0. The third kappa shape index (κ3) is 2.87. The number of aryl methyl sites for hydroxylation is 1. The summed E-state index contributed by atoms with van der Waals surface area (Å²) in [4.78, 5) is 17.2. The van der Waals surface area contributed by atoms with Gasteiger partial charge in [0.1, 0.15) is 6.23 Å². The third-order valence-corrected chi connectivity index (χ3v) is 4.41. The fourth-order valence-electron chi connectivity index (χ4n) is 3.24. The number of rotatable bonds is 3. The predicted octanol–water partition coefficient (Wildman–Crippen LogP) is 2.04. The van der Waals surface area contributed by atoms with Gasteiger partial charge in [0, 0.05) is 30.6 Å². The highest BCUT2D eigenvalue weighted by molar-refractivity contribution is 5.84. The van der Waals surface area contributed by atoms with Crippen LogP contribution in [0.3, 0.4) is 0 Å². The van der Waals surface area contributed by atoms with E-state index in [2.05, 4.69) is 22.9 Å². The van der Waals surface area contributed by atoms with E-state index in [0.717, 1.165) is 48.0 Å². The number of aromatic amines is 1. The van der Waals surface area contributed by atoms with Crippen LogP contribution in [0.4, 0.5) is 0 Å². The molecule has 0 radical (unpaired) electrons. The van der Waals surface area contributed by atoms with Crippen LogP contribution < -0.4 is 5.56 Å². The van der Waals surface area contributed by atoms with Crippen LogP contribution in [0, 0.1) is 12.8 Å². The molecule has 2 heterocycles. The quantitative estimate of drug-likeness (QED) is 0.908. The number of aromatic nitrogens is 1. The van der Waals surface area contributed by atoms with Gasteiger partial charge >= 0.3 is 0 Å². The van der Waals surface area contributed by atoms with Crippen LogP contribution >= 0.6 is 0 Å². The molecule has 0 amide bonds. The Kier molecular flexibility index (Phi) is 3.83. The minimum absolute atomic E-state index is 0.0264. The Morgan fingerprint density at radius 2 is 2.19 bits per heavy atom. The van der Waals surface area contributed by atoms with Crippen molar-refractivity contribution in [2.45, 2.75) is 32.9 Å². The van der Waals surface area contributed by atoms with Crippen molar-refractivity contribution in [1.29, 1.82) is 0 Å². The van der Waals surface area contributed by atoms with E-state index in [1.165, 1.54) is 0 Å². The number of H-pyrrole nitrogens is 1. The highest BCUT2D eigenvalue weighted by Gasteiger charge is 2.27. The van der Waals surface area contributed by atoms with Gasteiger partial charge in [0.05, 0.1) is 0 Å². The molecule has 1 aliphatic heterocycles. The number of pyridine rings is 1. The maximum absolute atomic E-state index is 12.1. The molecule has 1 fully saturated rings. The zero-order valence-electron chi connectivity index (χ0n) is 12.6. The second-order valence-corrected chi connectivity index (χ2v) is 6.23. The molecule has 2 aromatic rings. The van der Waals surface area contributed by atoms with Gasteiger partial charge in [0.25, 0.3) is 5.56 Å². The van der Waals surface area contributed by atoms with Crippen molar-refractivity contribution in [1.82, 2.24) is 9.88 Å². The van der Waals surface area contributed by atoms with Crippen LogP contribution in [0.25, 0.3) is 10.8 Å². The lowest BCUT2D eigenvalue weighted by atomic mass is 10.1. The van der Waals surface area contributed by atoms with E-state index in [4.69, 9.17) is 0 Å². The summed E-state index contributed by atoms with van der Waals surface area (Å²) in [5.74, 6) is 0.540. The summed E-state index contributed by atoms with van der Waals surface area (Å²) in [6.45, 7) is 5.89. The molecule has 1 unspecified atom stereocenters. The van der Waals surface area contributed by atoms with Crippen LogP contribution in [0.15, 0.2) is 29.1 Å². The highest BCUT2D eigenvalue weighted by atomic mass is 16.3. The zero-order valence-corrected chi connectivity index (χ0v) is 12.6. The van der Waals surface area contributed by atoms with Gasteiger partial charge in [-0.3, -0.25) is 9.69 Å².